The second-order valence-corrected chi connectivity index (χ2v) is 9.79. The maximum atomic E-state index is 12.6. The molecule has 3 rings (SSSR count). The summed E-state index contributed by atoms with van der Waals surface area (Å²) in [6.45, 7) is 14.6. The zero-order chi connectivity index (χ0) is 20.4. The molecular formula is C22H34N4OS. The lowest BCUT2D eigenvalue weighted by atomic mass is 9.94. The number of fused-ring (bicyclic) bond motifs is 1. The predicted molar refractivity (Wildman–Crippen MR) is 118 cm³/mol. The number of anilines is 1. The zero-order valence-electron chi connectivity index (χ0n) is 18.1. The van der Waals surface area contributed by atoms with E-state index >= 15 is 0 Å². The van der Waals surface area contributed by atoms with Crippen molar-refractivity contribution in [2.45, 2.75) is 66.8 Å². The molecule has 5 nitrogen and oxygen atoms in total. The number of piperidine rings is 1. The number of thiophene rings is 1. The smallest absolute Gasteiger partial charge is 0.223 e. The lowest BCUT2D eigenvalue weighted by Crippen LogP contribution is -2.44. The van der Waals surface area contributed by atoms with E-state index in [4.69, 9.17) is 4.98 Å². The third-order valence-electron chi connectivity index (χ3n) is 5.77. The minimum Gasteiger partial charge on any atom is -0.356 e. The van der Waals surface area contributed by atoms with E-state index in [-0.39, 0.29) is 17.9 Å². The van der Waals surface area contributed by atoms with Crippen LogP contribution in [-0.4, -0.2) is 35.0 Å². The van der Waals surface area contributed by atoms with Crippen molar-refractivity contribution < 1.29 is 4.79 Å². The first-order valence-electron chi connectivity index (χ1n) is 10.6. The van der Waals surface area contributed by atoms with Gasteiger partial charge in [-0.1, -0.05) is 27.7 Å². The number of aromatic nitrogens is 2. The maximum absolute atomic E-state index is 12.6. The molecule has 1 unspecified atom stereocenters. The van der Waals surface area contributed by atoms with Crippen molar-refractivity contribution >= 4 is 33.3 Å². The molecule has 1 amide bonds. The number of hydrogen-bond acceptors (Lipinski definition) is 5. The van der Waals surface area contributed by atoms with Gasteiger partial charge < -0.3 is 10.2 Å². The number of hydrogen-bond donors (Lipinski definition) is 1. The number of carbonyl (C=O) groups is 1. The van der Waals surface area contributed by atoms with Gasteiger partial charge in [-0.3, -0.25) is 4.79 Å². The average Bonchev–Trinajstić information content (AvgIpc) is 3.02. The van der Waals surface area contributed by atoms with Crippen LogP contribution in [0.2, 0.25) is 0 Å². The Kier molecular flexibility index (Phi) is 6.58. The Labute approximate surface area is 172 Å². The highest BCUT2D eigenvalue weighted by Gasteiger charge is 2.28. The molecule has 0 spiro atoms. The fraction of sp³-hybridized carbons (Fsp3) is 0.682. The Hall–Kier alpha value is -1.69. The number of amides is 1. The van der Waals surface area contributed by atoms with Crippen LogP contribution in [0.25, 0.3) is 10.2 Å². The second-order valence-electron chi connectivity index (χ2n) is 8.94. The molecule has 0 aromatic carbocycles. The van der Waals surface area contributed by atoms with Gasteiger partial charge >= 0.3 is 0 Å². The third kappa shape index (κ3) is 4.65. The SMILES string of the molecule is Cc1nc(N2CCC(C(=O)NC(C)C(C)C)CC2)c2c(CC(C)C)csc2n1. The predicted octanol–water partition coefficient (Wildman–Crippen LogP) is 4.58. The van der Waals surface area contributed by atoms with Crippen LogP contribution in [0, 0.1) is 24.7 Å². The van der Waals surface area contributed by atoms with Crippen molar-refractivity contribution in [3.63, 3.8) is 0 Å². The lowest BCUT2D eigenvalue weighted by Gasteiger charge is -2.33. The Morgan fingerprint density at radius 2 is 1.89 bits per heavy atom. The van der Waals surface area contributed by atoms with Gasteiger partial charge in [0.1, 0.15) is 16.5 Å². The zero-order valence-corrected chi connectivity index (χ0v) is 18.9. The Bertz CT molecular complexity index is 821. The summed E-state index contributed by atoms with van der Waals surface area (Å²) in [5.74, 6) is 3.26. The van der Waals surface area contributed by atoms with Crippen LogP contribution < -0.4 is 10.2 Å². The topological polar surface area (TPSA) is 58.1 Å². The monoisotopic (exact) mass is 402 g/mol. The molecule has 1 saturated heterocycles. The van der Waals surface area contributed by atoms with Gasteiger partial charge in [0.15, 0.2) is 0 Å². The van der Waals surface area contributed by atoms with Gasteiger partial charge in [0.2, 0.25) is 5.91 Å². The van der Waals surface area contributed by atoms with Gasteiger partial charge in [0, 0.05) is 25.0 Å². The van der Waals surface area contributed by atoms with Crippen molar-refractivity contribution in [1.82, 2.24) is 15.3 Å². The van der Waals surface area contributed by atoms with Crippen LogP contribution in [0.5, 0.6) is 0 Å². The van der Waals surface area contributed by atoms with Crippen LogP contribution >= 0.6 is 11.3 Å². The van der Waals surface area contributed by atoms with E-state index in [9.17, 15) is 4.79 Å². The summed E-state index contributed by atoms with van der Waals surface area (Å²) in [6, 6.07) is 0.221. The molecule has 1 fully saturated rings. The summed E-state index contributed by atoms with van der Waals surface area (Å²) >= 11 is 1.72. The van der Waals surface area contributed by atoms with E-state index in [1.807, 2.05) is 6.92 Å². The van der Waals surface area contributed by atoms with Crippen molar-refractivity contribution in [2.75, 3.05) is 18.0 Å². The first-order valence-corrected chi connectivity index (χ1v) is 11.4. The molecule has 0 bridgehead atoms. The number of aryl methyl sites for hydroxylation is 1. The summed E-state index contributed by atoms with van der Waals surface area (Å²) < 4.78 is 0. The highest BCUT2D eigenvalue weighted by Crippen LogP contribution is 2.35. The van der Waals surface area contributed by atoms with E-state index in [1.165, 1.54) is 10.9 Å². The van der Waals surface area contributed by atoms with E-state index in [0.717, 1.165) is 48.8 Å². The molecule has 1 atom stereocenters. The molecule has 2 aromatic rings. The third-order valence-corrected chi connectivity index (χ3v) is 6.69. The first-order chi connectivity index (χ1) is 13.3. The molecule has 2 aromatic heterocycles. The normalized spacial score (nSPS) is 16.9. The summed E-state index contributed by atoms with van der Waals surface area (Å²) in [5.41, 5.74) is 1.36. The van der Waals surface area contributed by atoms with Gasteiger partial charge in [0.25, 0.3) is 0 Å². The second kappa shape index (κ2) is 8.76. The van der Waals surface area contributed by atoms with Crippen molar-refractivity contribution in [2.24, 2.45) is 17.8 Å². The largest absolute Gasteiger partial charge is 0.356 e. The summed E-state index contributed by atoms with van der Waals surface area (Å²) in [5, 5.41) is 6.66. The highest BCUT2D eigenvalue weighted by molar-refractivity contribution is 7.17. The van der Waals surface area contributed by atoms with Crippen molar-refractivity contribution in [3.8, 4) is 0 Å². The summed E-state index contributed by atoms with van der Waals surface area (Å²) in [6.07, 6.45) is 2.81. The fourth-order valence-corrected chi connectivity index (χ4v) is 4.76. The summed E-state index contributed by atoms with van der Waals surface area (Å²) in [7, 11) is 0. The molecule has 0 aliphatic carbocycles. The molecule has 28 heavy (non-hydrogen) atoms. The van der Waals surface area contributed by atoms with Gasteiger partial charge in [-0.15, -0.1) is 11.3 Å². The van der Waals surface area contributed by atoms with Crippen LogP contribution in [0.4, 0.5) is 5.82 Å². The number of nitrogens with one attached hydrogen (secondary N) is 1. The van der Waals surface area contributed by atoms with Gasteiger partial charge in [-0.2, -0.15) is 0 Å². The van der Waals surface area contributed by atoms with Crippen LogP contribution in [0.15, 0.2) is 5.38 Å². The molecule has 6 heteroatoms. The molecule has 3 heterocycles. The van der Waals surface area contributed by atoms with Crippen molar-refractivity contribution in [1.29, 1.82) is 0 Å². The van der Waals surface area contributed by atoms with Crippen LogP contribution in [0.1, 0.15) is 58.8 Å². The molecule has 1 aliphatic rings. The highest BCUT2D eigenvalue weighted by atomic mass is 32.1. The molecule has 1 N–H and O–H groups in total. The minimum atomic E-state index is 0.105. The molecule has 0 radical (unpaired) electrons. The first kappa shape index (κ1) is 21.0. The van der Waals surface area contributed by atoms with E-state index in [1.54, 1.807) is 11.3 Å². The van der Waals surface area contributed by atoms with Crippen molar-refractivity contribution in [3.05, 3.63) is 16.8 Å². The van der Waals surface area contributed by atoms with E-state index in [0.29, 0.717) is 11.8 Å². The van der Waals surface area contributed by atoms with Gasteiger partial charge in [-0.05, 0) is 55.9 Å². The number of nitrogens with zero attached hydrogens (tertiary/aromatic N) is 3. The Morgan fingerprint density at radius 3 is 2.50 bits per heavy atom. The van der Waals surface area contributed by atoms with E-state index < -0.39 is 0 Å². The van der Waals surface area contributed by atoms with Gasteiger partial charge in [0.05, 0.1) is 5.39 Å². The molecule has 154 valence electrons. The van der Waals surface area contributed by atoms with Crippen LogP contribution in [0.3, 0.4) is 0 Å². The Balaban J connectivity index is 1.76. The fourth-order valence-electron chi connectivity index (χ4n) is 3.77. The van der Waals surface area contributed by atoms with Gasteiger partial charge in [-0.25, -0.2) is 9.97 Å². The number of rotatable bonds is 6. The lowest BCUT2D eigenvalue weighted by molar-refractivity contribution is -0.126. The molecule has 0 saturated carbocycles. The standard InChI is InChI=1S/C22H34N4OS/c1-13(2)11-18-12-28-22-19(18)20(24-16(6)25-22)26-9-7-17(8-10-26)21(27)23-15(5)14(3)4/h12-15,17H,7-11H2,1-6H3,(H,23,27). The number of carbonyl (C=O) groups excluding carboxylic acids is 1. The van der Waals surface area contributed by atoms with E-state index in [2.05, 4.69) is 55.2 Å². The van der Waals surface area contributed by atoms with Crippen LogP contribution in [-0.2, 0) is 11.2 Å². The quantitative estimate of drug-likeness (QED) is 0.769. The minimum absolute atomic E-state index is 0.105. The Morgan fingerprint density at radius 1 is 1.21 bits per heavy atom. The average molecular weight is 403 g/mol. The summed E-state index contributed by atoms with van der Waals surface area (Å²) in [4.78, 5) is 25.5. The molecule has 1 aliphatic heterocycles. The molecular weight excluding hydrogens is 368 g/mol. The maximum Gasteiger partial charge on any atom is 0.223 e.